The lowest BCUT2D eigenvalue weighted by Crippen LogP contribution is -2.21. The van der Waals surface area contributed by atoms with Crippen molar-refractivity contribution in [1.82, 2.24) is 9.55 Å². The molecule has 1 atom stereocenters. The van der Waals surface area contributed by atoms with E-state index in [1.165, 1.54) is 0 Å². The quantitative estimate of drug-likeness (QED) is 0.498. The van der Waals surface area contributed by atoms with Crippen LogP contribution in [0.2, 0.25) is 0 Å². The molecule has 1 unspecified atom stereocenters. The first-order chi connectivity index (χ1) is 16.5. The molecule has 8 heteroatoms. The first kappa shape index (κ1) is 22.9. The van der Waals surface area contributed by atoms with Gasteiger partial charge in [-0.3, -0.25) is 9.59 Å². The highest BCUT2D eigenvalue weighted by Gasteiger charge is 2.36. The molecule has 0 amide bonds. The smallest absolute Gasteiger partial charge is 0.374 e. The number of Topliss-reactive ketones (excluding diaryl/α,β-unsaturated/α-hetero) is 1. The van der Waals surface area contributed by atoms with Crippen molar-refractivity contribution in [3.63, 3.8) is 0 Å². The van der Waals surface area contributed by atoms with E-state index in [-0.39, 0.29) is 37.2 Å². The molecule has 0 saturated carbocycles. The lowest BCUT2D eigenvalue weighted by molar-refractivity contribution is -0.142. The van der Waals surface area contributed by atoms with Gasteiger partial charge in [0.05, 0.1) is 37.0 Å². The fourth-order valence-corrected chi connectivity index (χ4v) is 4.19. The largest absolute Gasteiger partial charge is 0.466 e. The predicted molar refractivity (Wildman–Crippen MR) is 122 cm³/mol. The zero-order chi connectivity index (χ0) is 24.2. The van der Waals surface area contributed by atoms with Crippen LogP contribution in [0.15, 0.2) is 48.7 Å². The third kappa shape index (κ3) is 4.33. The number of carbonyl (C=O) groups excluding carboxylic acids is 3. The van der Waals surface area contributed by atoms with Gasteiger partial charge in [0.25, 0.3) is 0 Å². The number of carbonyl (C=O) groups is 3. The van der Waals surface area contributed by atoms with E-state index in [0.717, 1.165) is 11.1 Å². The number of ketones is 1. The van der Waals surface area contributed by atoms with Gasteiger partial charge in [0.15, 0.2) is 5.78 Å². The van der Waals surface area contributed by atoms with E-state index in [4.69, 9.17) is 9.47 Å². The Hall–Kier alpha value is -4.25. The average molecular weight is 457 g/mol. The molecule has 1 aliphatic carbocycles. The fourth-order valence-electron chi connectivity index (χ4n) is 4.19. The van der Waals surface area contributed by atoms with Gasteiger partial charge >= 0.3 is 11.9 Å². The van der Waals surface area contributed by atoms with Gasteiger partial charge in [-0.25, -0.2) is 9.78 Å². The van der Waals surface area contributed by atoms with Crippen molar-refractivity contribution in [2.24, 2.45) is 0 Å². The molecule has 0 N–H and O–H groups in total. The van der Waals surface area contributed by atoms with Crippen molar-refractivity contribution in [2.45, 2.75) is 32.7 Å². The molecule has 34 heavy (non-hydrogen) atoms. The Balaban J connectivity index is 1.75. The maximum Gasteiger partial charge on any atom is 0.374 e. The van der Waals surface area contributed by atoms with E-state index < -0.39 is 12.0 Å². The van der Waals surface area contributed by atoms with Crippen molar-refractivity contribution in [3.05, 3.63) is 76.7 Å². The lowest BCUT2D eigenvalue weighted by atomic mass is 10.0. The van der Waals surface area contributed by atoms with Gasteiger partial charge in [-0.2, -0.15) is 5.26 Å². The minimum atomic E-state index is -0.710. The highest BCUT2D eigenvalue weighted by atomic mass is 16.5. The number of benzene rings is 2. The molecule has 0 saturated heterocycles. The summed E-state index contributed by atoms with van der Waals surface area (Å²) in [7, 11) is 0. The minimum absolute atomic E-state index is 0.0114. The van der Waals surface area contributed by atoms with E-state index in [2.05, 4.69) is 11.1 Å². The summed E-state index contributed by atoms with van der Waals surface area (Å²) >= 11 is 0. The van der Waals surface area contributed by atoms with E-state index >= 15 is 0 Å². The Kier molecular flexibility index (Phi) is 6.55. The fraction of sp³-hybridized carbons (Fsp3) is 0.269. The zero-order valence-corrected chi connectivity index (χ0v) is 18.9. The Bertz CT molecular complexity index is 1320. The summed E-state index contributed by atoms with van der Waals surface area (Å²) in [6.45, 7) is 3.88. The normalized spacial score (nSPS) is 14.4. The predicted octanol–water partition coefficient (Wildman–Crippen LogP) is 3.68. The Morgan fingerprint density at radius 2 is 1.91 bits per heavy atom. The van der Waals surface area contributed by atoms with Gasteiger partial charge in [0.2, 0.25) is 5.82 Å². The van der Waals surface area contributed by atoms with Crippen LogP contribution in [-0.4, -0.2) is 40.5 Å². The van der Waals surface area contributed by atoms with E-state index in [0.29, 0.717) is 28.8 Å². The summed E-state index contributed by atoms with van der Waals surface area (Å²) < 4.78 is 11.8. The average Bonchev–Trinajstić information content (AvgIpc) is 3.42. The van der Waals surface area contributed by atoms with Crippen LogP contribution in [0, 0.1) is 11.3 Å². The van der Waals surface area contributed by atoms with Crippen LogP contribution in [0.5, 0.6) is 0 Å². The standard InChI is InChI=1S/C26H23N3O5/c1-3-33-23(30)12-17-8-6-10-19-20(17)13-22(24(19)31)29-15-21(28-25(29)26(32)34-4-2)18-9-5-7-16(11-18)14-27/h5-11,15,22H,3-4,12-13H2,1-2H3. The third-order valence-corrected chi connectivity index (χ3v) is 5.69. The van der Waals surface area contributed by atoms with Crippen LogP contribution in [-0.2, 0) is 27.1 Å². The SMILES string of the molecule is CCOC(=O)Cc1cccc2c1CC(n1cc(-c3cccc(C#N)c3)nc1C(=O)OCC)C2=O. The summed E-state index contributed by atoms with van der Waals surface area (Å²) in [4.78, 5) is 42.6. The van der Waals surface area contributed by atoms with Gasteiger partial charge < -0.3 is 14.0 Å². The van der Waals surface area contributed by atoms with Crippen LogP contribution in [0.3, 0.4) is 0 Å². The highest BCUT2D eigenvalue weighted by Crippen LogP contribution is 2.35. The molecule has 0 bridgehead atoms. The molecule has 0 radical (unpaired) electrons. The molecular formula is C26H23N3O5. The van der Waals surface area contributed by atoms with Crippen LogP contribution in [0.1, 0.15) is 57.6 Å². The monoisotopic (exact) mass is 457 g/mol. The number of nitrogens with zero attached hydrogens (tertiary/aromatic N) is 3. The molecule has 0 aliphatic heterocycles. The number of hydrogen-bond donors (Lipinski definition) is 0. The van der Waals surface area contributed by atoms with Crippen LogP contribution in [0.25, 0.3) is 11.3 Å². The van der Waals surface area contributed by atoms with Crippen molar-refractivity contribution >= 4 is 17.7 Å². The van der Waals surface area contributed by atoms with E-state index in [1.54, 1.807) is 61.0 Å². The highest BCUT2D eigenvalue weighted by molar-refractivity contribution is 6.04. The first-order valence-electron chi connectivity index (χ1n) is 11.0. The molecule has 2 aromatic carbocycles. The van der Waals surface area contributed by atoms with Gasteiger partial charge in [-0.15, -0.1) is 0 Å². The van der Waals surface area contributed by atoms with Crippen LogP contribution >= 0.6 is 0 Å². The molecule has 8 nitrogen and oxygen atoms in total. The molecule has 1 aliphatic rings. The second-order valence-corrected chi connectivity index (χ2v) is 7.78. The summed E-state index contributed by atoms with van der Waals surface area (Å²) in [5.74, 6) is -1.15. The molecule has 0 spiro atoms. The van der Waals surface area contributed by atoms with Crippen LogP contribution < -0.4 is 0 Å². The maximum atomic E-state index is 13.4. The lowest BCUT2D eigenvalue weighted by Gasteiger charge is -2.13. The summed E-state index contributed by atoms with van der Waals surface area (Å²) in [5.41, 5.74) is 3.57. The van der Waals surface area contributed by atoms with Crippen molar-refractivity contribution in [2.75, 3.05) is 13.2 Å². The van der Waals surface area contributed by atoms with Gasteiger partial charge in [-0.05, 0) is 37.1 Å². The second-order valence-electron chi connectivity index (χ2n) is 7.78. The summed E-state index contributed by atoms with van der Waals surface area (Å²) in [6.07, 6.45) is 2.02. The summed E-state index contributed by atoms with van der Waals surface area (Å²) in [5, 5.41) is 9.23. The Morgan fingerprint density at radius 3 is 2.65 bits per heavy atom. The van der Waals surface area contributed by atoms with Crippen molar-refractivity contribution < 1.29 is 23.9 Å². The molecule has 3 aromatic rings. The summed E-state index contributed by atoms with van der Waals surface area (Å²) in [6, 6.07) is 13.5. The number of hydrogen-bond acceptors (Lipinski definition) is 7. The Labute approximate surface area is 196 Å². The second kappa shape index (κ2) is 9.71. The van der Waals surface area contributed by atoms with E-state index in [1.807, 2.05) is 6.07 Å². The van der Waals surface area contributed by atoms with E-state index in [9.17, 15) is 19.6 Å². The molecule has 4 rings (SSSR count). The molecule has 1 heterocycles. The molecule has 1 aromatic heterocycles. The zero-order valence-electron chi connectivity index (χ0n) is 18.9. The number of aromatic nitrogens is 2. The number of nitriles is 1. The molecular weight excluding hydrogens is 434 g/mol. The van der Waals surface area contributed by atoms with Gasteiger partial charge in [0.1, 0.15) is 6.04 Å². The number of esters is 2. The van der Waals surface area contributed by atoms with Gasteiger partial charge in [-0.1, -0.05) is 30.3 Å². The number of ether oxygens (including phenoxy) is 2. The number of imidazole rings is 1. The molecule has 0 fully saturated rings. The van der Waals surface area contributed by atoms with Crippen molar-refractivity contribution in [1.29, 1.82) is 5.26 Å². The van der Waals surface area contributed by atoms with Crippen LogP contribution in [0.4, 0.5) is 0 Å². The third-order valence-electron chi connectivity index (χ3n) is 5.69. The number of fused-ring (bicyclic) bond motifs is 1. The van der Waals surface area contributed by atoms with Crippen molar-refractivity contribution in [3.8, 4) is 17.3 Å². The first-order valence-corrected chi connectivity index (χ1v) is 11.0. The molecule has 172 valence electrons. The minimum Gasteiger partial charge on any atom is -0.466 e. The van der Waals surface area contributed by atoms with Gasteiger partial charge in [0, 0.05) is 23.7 Å². The topological polar surface area (TPSA) is 111 Å². The number of rotatable bonds is 7. The Morgan fingerprint density at radius 1 is 1.15 bits per heavy atom. The maximum absolute atomic E-state index is 13.4.